The first-order chi connectivity index (χ1) is 17.5. The highest BCUT2D eigenvalue weighted by atomic mass is 32.2. The zero-order valence-electron chi connectivity index (χ0n) is 21.1. The minimum Gasteiger partial charge on any atom is -0.491 e. The Morgan fingerprint density at radius 1 is 1.05 bits per heavy atom. The summed E-state index contributed by atoms with van der Waals surface area (Å²) in [6, 6.07) is 10.2. The molecule has 0 saturated heterocycles. The average Bonchev–Trinajstić information content (AvgIpc) is 2.82. The van der Waals surface area contributed by atoms with E-state index in [1.165, 1.54) is 13.3 Å². The van der Waals surface area contributed by atoms with E-state index >= 15 is 0 Å². The minimum absolute atomic E-state index is 0.157. The minimum atomic E-state index is -4.15. The Morgan fingerprint density at radius 2 is 1.81 bits per heavy atom. The van der Waals surface area contributed by atoms with Gasteiger partial charge in [-0.1, -0.05) is 12.1 Å². The fourth-order valence-electron chi connectivity index (χ4n) is 3.95. The topological polar surface area (TPSA) is 146 Å². The largest absolute Gasteiger partial charge is 0.491 e. The second-order valence-corrected chi connectivity index (χ2v) is 10.2. The van der Waals surface area contributed by atoms with Crippen LogP contribution in [0.1, 0.15) is 35.7 Å². The molecule has 2 heterocycles. The number of benzene rings is 2. The van der Waals surface area contributed by atoms with Gasteiger partial charge in [-0.3, -0.25) is 4.98 Å². The zero-order chi connectivity index (χ0) is 26.9. The van der Waals surface area contributed by atoms with Gasteiger partial charge < -0.3 is 14.8 Å². The number of aromatic nitrogens is 3. The summed E-state index contributed by atoms with van der Waals surface area (Å²) >= 11 is 0. The molecule has 0 bridgehead atoms. The number of anilines is 2. The molecule has 3 N–H and O–H groups in total. The van der Waals surface area contributed by atoms with E-state index in [1.54, 1.807) is 30.5 Å². The summed E-state index contributed by atoms with van der Waals surface area (Å²) in [4.78, 5) is 25.1. The molecule has 0 unspecified atom stereocenters. The molecule has 0 aliphatic heterocycles. The number of primary sulfonamides is 1. The number of aryl methyl sites for hydroxylation is 2. The average molecular weight is 522 g/mol. The molecule has 10 nitrogen and oxygen atoms in total. The Labute approximate surface area is 214 Å². The van der Waals surface area contributed by atoms with Crippen molar-refractivity contribution in [3.8, 4) is 16.9 Å². The van der Waals surface area contributed by atoms with Gasteiger partial charge >= 0.3 is 5.97 Å². The molecular weight excluding hydrogens is 494 g/mol. The molecule has 0 amide bonds. The van der Waals surface area contributed by atoms with Crippen molar-refractivity contribution in [1.82, 2.24) is 15.0 Å². The van der Waals surface area contributed by atoms with Crippen LogP contribution >= 0.6 is 0 Å². The van der Waals surface area contributed by atoms with Crippen LogP contribution in [0.2, 0.25) is 0 Å². The van der Waals surface area contributed by atoms with Gasteiger partial charge in [-0.25, -0.2) is 28.3 Å². The number of esters is 1. The smallest absolute Gasteiger partial charge is 0.338 e. The summed E-state index contributed by atoms with van der Waals surface area (Å²) in [5.41, 5.74) is 3.85. The molecule has 11 heteroatoms. The number of sulfonamides is 1. The normalized spacial score (nSPS) is 11.5. The summed E-state index contributed by atoms with van der Waals surface area (Å²) in [5, 5.41) is 9.16. The predicted molar refractivity (Wildman–Crippen MR) is 140 cm³/mol. The first-order valence-electron chi connectivity index (χ1n) is 11.4. The van der Waals surface area contributed by atoms with Crippen molar-refractivity contribution < 1.29 is 22.7 Å². The zero-order valence-corrected chi connectivity index (χ0v) is 21.9. The quantitative estimate of drug-likeness (QED) is 0.340. The van der Waals surface area contributed by atoms with Crippen molar-refractivity contribution in [1.29, 1.82) is 0 Å². The Balaban J connectivity index is 1.88. The van der Waals surface area contributed by atoms with E-state index in [0.29, 0.717) is 28.2 Å². The van der Waals surface area contributed by atoms with Gasteiger partial charge in [0.15, 0.2) is 0 Å². The molecule has 4 aromatic rings. The van der Waals surface area contributed by atoms with Gasteiger partial charge in [0.1, 0.15) is 16.5 Å². The van der Waals surface area contributed by atoms with Crippen molar-refractivity contribution in [2.24, 2.45) is 5.14 Å². The maximum Gasteiger partial charge on any atom is 0.338 e. The monoisotopic (exact) mass is 521 g/mol. The van der Waals surface area contributed by atoms with Gasteiger partial charge in [-0.05, 0) is 51.5 Å². The molecule has 37 heavy (non-hydrogen) atoms. The molecular formula is C26H27N5O5S. The van der Waals surface area contributed by atoms with Crippen LogP contribution in [0.5, 0.6) is 5.75 Å². The highest BCUT2D eigenvalue weighted by Gasteiger charge is 2.20. The van der Waals surface area contributed by atoms with Crippen LogP contribution < -0.4 is 15.2 Å². The molecule has 0 aliphatic rings. The molecule has 192 valence electrons. The third-order valence-electron chi connectivity index (χ3n) is 5.52. The second kappa shape index (κ2) is 10.1. The van der Waals surface area contributed by atoms with Crippen LogP contribution in [0.4, 0.5) is 11.4 Å². The Morgan fingerprint density at radius 3 is 2.46 bits per heavy atom. The van der Waals surface area contributed by atoms with E-state index in [2.05, 4.69) is 20.3 Å². The summed E-state index contributed by atoms with van der Waals surface area (Å²) in [6.45, 7) is 7.42. The van der Waals surface area contributed by atoms with Gasteiger partial charge in [0.05, 0.1) is 30.0 Å². The van der Waals surface area contributed by atoms with Gasteiger partial charge in [-0.15, -0.1) is 0 Å². The fourth-order valence-corrected chi connectivity index (χ4v) is 4.59. The van der Waals surface area contributed by atoms with E-state index in [9.17, 15) is 13.2 Å². The molecule has 0 spiro atoms. The van der Waals surface area contributed by atoms with Crippen LogP contribution in [-0.4, -0.2) is 42.6 Å². The van der Waals surface area contributed by atoms with Gasteiger partial charge in [0.2, 0.25) is 10.0 Å². The standard InChI is InChI=1S/C26H27N5O5S/c1-14(2)36-20-9-18(26(32)35-5)8-19(11-20)31-25-21-7-6-17(22-12-28-16(4)30-15(22)3)10-23(21)29-13-24(25)37(27,33)34/h6-14H,1-5H3,(H,29,31)(H2,27,33,34). The lowest BCUT2D eigenvalue weighted by Gasteiger charge is -2.17. The van der Waals surface area contributed by atoms with Crippen molar-refractivity contribution >= 4 is 38.3 Å². The molecule has 0 fully saturated rings. The maximum atomic E-state index is 12.5. The number of nitrogens with one attached hydrogen (secondary N) is 1. The number of methoxy groups -OCH3 is 1. The van der Waals surface area contributed by atoms with Crippen LogP contribution in [0.3, 0.4) is 0 Å². The Bertz CT molecular complexity index is 1620. The highest BCUT2D eigenvalue weighted by Crippen LogP contribution is 2.35. The summed E-state index contributed by atoms with van der Waals surface area (Å²) in [5.74, 6) is 0.510. The number of pyridine rings is 1. The van der Waals surface area contributed by atoms with Crippen LogP contribution in [0, 0.1) is 13.8 Å². The SMILES string of the molecule is COC(=O)c1cc(Nc2c(S(N)(=O)=O)cnc3cc(-c4cnc(C)nc4C)ccc23)cc(OC(C)C)c1. The Hall–Kier alpha value is -4.09. The number of hydrogen-bond donors (Lipinski definition) is 2. The first-order valence-corrected chi connectivity index (χ1v) is 12.9. The third kappa shape index (κ3) is 5.68. The number of rotatable bonds is 7. The van der Waals surface area contributed by atoms with Crippen molar-refractivity contribution in [3.63, 3.8) is 0 Å². The molecule has 2 aromatic carbocycles. The summed E-state index contributed by atoms with van der Waals surface area (Å²) < 4.78 is 35.6. The van der Waals surface area contributed by atoms with E-state index < -0.39 is 16.0 Å². The first kappa shape index (κ1) is 26.0. The lowest BCUT2D eigenvalue weighted by atomic mass is 10.0. The molecule has 0 atom stereocenters. The summed E-state index contributed by atoms with van der Waals surface area (Å²) in [6.07, 6.45) is 2.79. The number of ether oxygens (including phenoxy) is 2. The predicted octanol–water partition coefficient (Wildman–Crippen LogP) is 4.27. The van der Waals surface area contributed by atoms with Crippen molar-refractivity contribution in [2.75, 3.05) is 12.4 Å². The number of nitrogens with two attached hydrogens (primary N) is 1. The van der Waals surface area contributed by atoms with E-state index in [1.807, 2.05) is 39.8 Å². The maximum absolute atomic E-state index is 12.5. The van der Waals surface area contributed by atoms with Crippen LogP contribution in [0.15, 0.2) is 53.7 Å². The summed E-state index contributed by atoms with van der Waals surface area (Å²) in [7, 11) is -2.87. The number of fused-ring (bicyclic) bond motifs is 1. The fraction of sp³-hybridized carbons (Fsp3) is 0.231. The van der Waals surface area contributed by atoms with E-state index in [0.717, 1.165) is 16.8 Å². The van der Waals surface area contributed by atoms with E-state index in [-0.39, 0.29) is 22.3 Å². The Kier molecular flexibility index (Phi) is 7.10. The van der Waals surface area contributed by atoms with Crippen LogP contribution in [-0.2, 0) is 14.8 Å². The second-order valence-electron chi connectivity index (χ2n) is 8.72. The molecule has 0 saturated carbocycles. The number of carbonyl (C=O) groups excluding carboxylic acids is 1. The molecule has 2 aromatic heterocycles. The number of carbonyl (C=O) groups is 1. The van der Waals surface area contributed by atoms with Crippen molar-refractivity contribution in [3.05, 3.63) is 65.9 Å². The molecule has 4 rings (SSSR count). The van der Waals surface area contributed by atoms with Crippen LogP contribution in [0.25, 0.3) is 22.0 Å². The molecule has 0 radical (unpaired) electrons. The van der Waals surface area contributed by atoms with Gasteiger partial charge in [0, 0.05) is 40.8 Å². The van der Waals surface area contributed by atoms with E-state index in [4.69, 9.17) is 14.6 Å². The highest BCUT2D eigenvalue weighted by molar-refractivity contribution is 7.89. The lowest BCUT2D eigenvalue weighted by molar-refractivity contribution is 0.0600. The number of nitrogens with zero attached hydrogens (tertiary/aromatic N) is 3. The third-order valence-corrected chi connectivity index (χ3v) is 6.44. The van der Waals surface area contributed by atoms with Crippen molar-refractivity contribution in [2.45, 2.75) is 38.7 Å². The number of hydrogen-bond acceptors (Lipinski definition) is 9. The lowest BCUT2D eigenvalue weighted by Crippen LogP contribution is -2.15. The van der Waals surface area contributed by atoms with Gasteiger partial charge in [0.25, 0.3) is 0 Å². The van der Waals surface area contributed by atoms with Gasteiger partial charge in [-0.2, -0.15) is 0 Å². The molecule has 0 aliphatic carbocycles.